The molecule has 104 valence electrons. The molecule has 1 aliphatic rings. The SMILES string of the molecule is COc1ccc(C(=O)C2C(C)OC(C)C2C)cc1Cl. The van der Waals surface area contributed by atoms with Crippen LogP contribution in [0, 0.1) is 11.8 Å². The van der Waals surface area contributed by atoms with Gasteiger partial charge in [0.15, 0.2) is 5.78 Å². The van der Waals surface area contributed by atoms with Gasteiger partial charge in [0.05, 0.1) is 30.3 Å². The molecule has 4 unspecified atom stereocenters. The molecule has 0 aliphatic carbocycles. The van der Waals surface area contributed by atoms with E-state index >= 15 is 0 Å². The van der Waals surface area contributed by atoms with Crippen LogP contribution in [0.25, 0.3) is 0 Å². The van der Waals surface area contributed by atoms with Crippen molar-refractivity contribution in [3.63, 3.8) is 0 Å². The molecule has 1 fully saturated rings. The van der Waals surface area contributed by atoms with Gasteiger partial charge in [0.1, 0.15) is 5.75 Å². The molecule has 0 amide bonds. The lowest BCUT2D eigenvalue weighted by Crippen LogP contribution is -2.26. The highest BCUT2D eigenvalue weighted by Crippen LogP contribution is 2.35. The average Bonchev–Trinajstić information content (AvgIpc) is 2.62. The van der Waals surface area contributed by atoms with Crippen LogP contribution in [0.1, 0.15) is 31.1 Å². The zero-order valence-corrected chi connectivity index (χ0v) is 12.4. The first-order chi connectivity index (χ1) is 8.95. The maximum atomic E-state index is 12.6. The normalized spacial score (nSPS) is 30.4. The molecule has 4 heteroatoms. The summed E-state index contributed by atoms with van der Waals surface area (Å²) in [4.78, 5) is 12.6. The van der Waals surface area contributed by atoms with Crippen LogP contribution in [0.5, 0.6) is 5.75 Å². The summed E-state index contributed by atoms with van der Waals surface area (Å²) in [6.45, 7) is 6.02. The Morgan fingerprint density at radius 2 is 1.95 bits per heavy atom. The average molecular weight is 283 g/mol. The van der Waals surface area contributed by atoms with Crippen molar-refractivity contribution in [3.8, 4) is 5.75 Å². The maximum Gasteiger partial charge on any atom is 0.168 e. The van der Waals surface area contributed by atoms with Crippen LogP contribution in [0.4, 0.5) is 0 Å². The van der Waals surface area contributed by atoms with Crippen LogP contribution in [0.15, 0.2) is 18.2 Å². The van der Waals surface area contributed by atoms with Gasteiger partial charge in [-0.3, -0.25) is 4.79 Å². The minimum atomic E-state index is -0.112. The third-order valence-electron chi connectivity index (χ3n) is 3.98. The topological polar surface area (TPSA) is 35.5 Å². The number of benzene rings is 1. The number of carbonyl (C=O) groups excluding carboxylic acids is 1. The second kappa shape index (κ2) is 5.51. The number of hydrogen-bond donors (Lipinski definition) is 0. The highest BCUT2D eigenvalue weighted by Gasteiger charge is 2.41. The summed E-state index contributed by atoms with van der Waals surface area (Å²) < 4.78 is 10.8. The third kappa shape index (κ3) is 2.63. The van der Waals surface area contributed by atoms with Gasteiger partial charge in [0, 0.05) is 5.56 Å². The van der Waals surface area contributed by atoms with E-state index in [9.17, 15) is 4.79 Å². The van der Waals surface area contributed by atoms with E-state index in [1.807, 2.05) is 13.8 Å². The molecule has 19 heavy (non-hydrogen) atoms. The summed E-state index contributed by atoms with van der Waals surface area (Å²) in [6, 6.07) is 5.16. The van der Waals surface area contributed by atoms with Crippen LogP contribution < -0.4 is 4.74 Å². The first-order valence-electron chi connectivity index (χ1n) is 6.49. The molecule has 0 bridgehead atoms. The largest absolute Gasteiger partial charge is 0.495 e. The lowest BCUT2D eigenvalue weighted by Gasteiger charge is -2.17. The Labute approximate surface area is 118 Å². The van der Waals surface area contributed by atoms with E-state index in [0.29, 0.717) is 16.3 Å². The monoisotopic (exact) mass is 282 g/mol. The van der Waals surface area contributed by atoms with Crippen LogP contribution >= 0.6 is 11.6 Å². The molecule has 1 heterocycles. The number of methoxy groups -OCH3 is 1. The molecular weight excluding hydrogens is 264 g/mol. The van der Waals surface area contributed by atoms with E-state index in [2.05, 4.69) is 6.92 Å². The Morgan fingerprint density at radius 1 is 1.26 bits per heavy atom. The fraction of sp³-hybridized carbons (Fsp3) is 0.533. The molecule has 3 nitrogen and oxygen atoms in total. The van der Waals surface area contributed by atoms with Crippen molar-refractivity contribution in [2.24, 2.45) is 11.8 Å². The first kappa shape index (κ1) is 14.4. The summed E-state index contributed by atoms with van der Waals surface area (Å²) in [5.74, 6) is 0.770. The summed E-state index contributed by atoms with van der Waals surface area (Å²) >= 11 is 6.07. The van der Waals surface area contributed by atoms with Gasteiger partial charge in [-0.2, -0.15) is 0 Å². The van der Waals surface area contributed by atoms with Crippen LogP contribution in [-0.2, 0) is 4.74 Å². The van der Waals surface area contributed by atoms with Gasteiger partial charge in [-0.05, 0) is 38.0 Å². The molecule has 1 aromatic rings. The van der Waals surface area contributed by atoms with Crippen LogP contribution in [-0.4, -0.2) is 25.1 Å². The Bertz CT molecular complexity index is 486. The summed E-state index contributed by atoms with van der Waals surface area (Å²) in [7, 11) is 1.55. The fourth-order valence-electron chi connectivity index (χ4n) is 2.73. The number of halogens is 1. The zero-order chi connectivity index (χ0) is 14.2. The number of ether oxygens (including phenoxy) is 2. The van der Waals surface area contributed by atoms with E-state index in [1.165, 1.54) is 0 Å². The van der Waals surface area contributed by atoms with Gasteiger partial charge in [0.2, 0.25) is 0 Å². The third-order valence-corrected chi connectivity index (χ3v) is 4.28. The Hall–Kier alpha value is -1.06. The first-order valence-corrected chi connectivity index (χ1v) is 6.86. The molecule has 0 N–H and O–H groups in total. The van der Waals surface area contributed by atoms with Crippen LogP contribution in [0.2, 0.25) is 5.02 Å². The van der Waals surface area contributed by atoms with Gasteiger partial charge in [-0.25, -0.2) is 0 Å². The Morgan fingerprint density at radius 3 is 2.42 bits per heavy atom. The van der Waals surface area contributed by atoms with Gasteiger partial charge in [-0.1, -0.05) is 18.5 Å². The van der Waals surface area contributed by atoms with E-state index in [1.54, 1.807) is 25.3 Å². The predicted octanol–water partition coefficient (Wildman–Crippen LogP) is 3.59. The molecule has 1 aliphatic heterocycles. The zero-order valence-electron chi connectivity index (χ0n) is 11.6. The van der Waals surface area contributed by atoms with Gasteiger partial charge in [0.25, 0.3) is 0 Å². The summed E-state index contributed by atoms with van der Waals surface area (Å²) in [5, 5.41) is 0.459. The molecule has 1 aromatic carbocycles. The standard InChI is InChI=1S/C15H19ClO3/c1-8-9(2)19-10(3)14(8)15(17)11-5-6-13(18-4)12(16)7-11/h5-10,14H,1-4H3. The number of carbonyl (C=O) groups is 1. The van der Waals surface area contributed by atoms with Crippen molar-refractivity contribution in [3.05, 3.63) is 28.8 Å². The molecular formula is C15H19ClO3. The number of Topliss-reactive ketones (excluding diaryl/α,β-unsaturated/α-hetero) is 1. The lowest BCUT2D eigenvalue weighted by molar-refractivity contribution is 0.0491. The second-order valence-electron chi connectivity index (χ2n) is 5.14. The van der Waals surface area contributed by atoms with Crippen molar-refractivity contribution in [2.45, 2.75) is 33.0 Å². The van der Waals surface area contributed by atoms with Crippen molar-refractivity contribution in [1.29, 1.82) is 0 Å². The van der Waals surface area contributed by atoms with Crippen molar-refractivity contribution in [2.75, 3.05) is 7.11 Å². The number of rotatable bonds is 3. The van der Waals surface area contributed by atoms with E-state index in [4.69, 9.17) is 21.1 Å². The molecule has 0 radical (unpaired) electrons. The number of hydrogen-bond acceptors (Lipinski definition) is 3. The predicted molar refractivity (Wildman–Crippen MR) is 75.0 cm³/mol. The Kier molecular flexibility index (Phi) is 4.16. The minimum Gasteiger partial charge on any atom is -0.495 e. The minimum absolute atomic E-state index is 0.0571. The van der Waals surface area contributed by atoms with Crippen LogP contribution in [0.3, 0.4) is 0 Å². The maximum absolute atomic E-state index is 12.6. The van der Waals surface area contributed by atoms with Gasteiger partial charge < -0.3 is 9.47 Å². The quantitative estimate of drug-likeness (QED) is 0.795. The van der Waals surface area contributed by atoms with Crippen molar-refractivity contribution < 1.29 is 14.3 Å². The van der Waals surface area contributed by atoms with E-state index in [0.717, 1.165) is 0 Å². The highest BCUT2D eigenvalue weighted by molar-refractivity contribution is 6.32. The van der Waals surface area contributed by atoms with E-state index in [-0.39, 0.29) is 29.8 Å². The summed E-state index contributed by atoms with van der Waals surface area (Å²) in [6.07, 6.45) is 0.0519. The lowest BCUT2D eigenvalue weighted by atomic mass is 9.83. The molecule has 2 rings (SSSR count). The summed E-state index contributed by atoms with van der Waals surface area (Å²) in [5.41, 5.74) is 0.618. The second-order valence-corrected chi connectivity index (χ2v) is 5.55. The number of ketones is 1. The smallest absolute Gasteiger partial charge is 0.168 e. The molecule has 1 saturated heterocycles. The molecule has 0 saturated carbocycles. The fourth-order valence-corrected chi connectivity index (χ4v) is 2.99. The molecule has 0 spiro atoms. The van der Waals surface area contributed by atoms with Crippen molar-refractivity contribution in [1.82, 2.24) is 0 Å². The van der Waals surface area contributed by atoms with Gasteiger partial charge in [-0.15, -0.1) is 0 Å². The van der Waals surface area contributed by atoms with Crippen molar-refractivity contribution >= 4 is 17.4 Å². The Balaban J connectivity index is 2.27. The molecule has 0 aromatic heterocycles. The molecule has 4 atom stereocenters. The highest BCUT2D eigenvalue weighted by atomic mass is 35.5. The van der Waals surface area contributed by atoms with E-state index < -0.39 is 0 Å². The van der Waals surface area contributed by atoms with Gasteiger partial charge >= 0.3 is 0 Å².